The largest absolute Gasteiger partial charge is 0.573 e. The Hall–Kier alpha value is -2.64. The normalized spacial score (nSPS) is 11.3. The van der Waals surface area contributed by atoms with Gasteiger partial charge in [-0.1, -0.05) is 23.7 Å². The van der Waals surface area contributed by atoms with Gasteiger partial charge >= 0.3 is 6.36 Å². The van der Waals surface area contributed by atoms with Crippen LogP contribution in [0.2, 0.25) is 4.34 Å². The molecule has 0 aliphatic carbocycles. The zero-order chi connectivity index (χ0) is 17.3. The first-order valence-electron chi connectivity index (χ1n) is 6.21. The number of alkyl halides is 3. The summed E-state index contributed by atoms with van der Waals surface area (Å²) >= 11 is 7.15. The van der Waals surface area contributed by atoms with Crippen LogP contribution in [0.15, 0.2) is 24.3 Å². The van der Waals surface area contributed by atoms with Crippen molar-refractivity contribution in [1.29, 1.82) is 5.26 Å². The molecule has 0 aliphatic heterocycles. The number of benzene rings is 1. The number of H-pyrrole nitrogens is 1. The summed E-state index contributed by atoms with van der Waals surface area (Å²) in [5.74, 6) is -0.368. The van der Waals surface area contributed by atoms with Gasteiger partial charge < -0.3 is 4.74 Å². The maximum Gasteiger partial charge on any atom is 0.573 e. The molecule has 122 valence electrons. The van der Waals surface area contributed by atoms with Gasteiger partial charge in [-0.25, -0.2) is 4.98 Å². The lowest BCUT2D eigenvalue weighted by molar-refractivity contribution is -0.274. The van der Waals surface area contributed by atoms with Gasteiger partial charge in [0.25, 0.3) is 0 Å². The molecule has 0 amide bonds. The van der Waals surface area contributed by atoms with E-state index < -0.39 is 6.36 Å². The monoisotopic (exact) mass is 371 g/mol. The first-order valence-corrected chi connectivity index (χ1v) is 7.40. The second-order valence-corrected chi connectivity index (χ2v) is 5.95. The number of hydrogen-bond acceptors (Lipinski definition) is 6. The van der Waals surface area contributed by atoms with E-state index in [1.807, 2.05) is 6.07 Å². The van der Waals surface area contributed by atoms with Crippen molar-refractivity contribution >= 4 is 22.9 Å². The molecule has 3 rings (SSSR count). The van der Waals surface area contributed by atoms with Crippen LogP contribution < -0.4 is 4.74 Å². The smallest absolute Gasteiger partial charge is 0.406 e. The second-order valence-electron chi connectivity index (χ2n) is 4.35. The van der Waals surface area contributed by atoms with E-state index in [-0.39, 0.29) is 27.2 Å². The average molecular weight is 372 g/mol. The van der Waals surface area contributed by atoms with Crippen molar-refractivity contribution in [2.45, 2.75) is 6.36 Å². The zero-order valence-corrected chi connectivity index (χ0v) is 13.0. The minimum absolute atomic E-state index is 0.0166. The lowest BCUT2D eigenvalue weighted by Gasteiger charge is -2.09. The maximum absolute atomic E-state index is 12.3. The third-order valence-corrected chi connectivity index (χ3v) is 4.08. The zero-order valence-electron chi connectivity index (χ0n) is 11.4. The molecule has 0 fully saturated rings. The van der Waals surface area contributed by atoms with E-state index in [1.54, 1.807) is 6.07 Å². The molecular weight excluding hydrogens is 367 g/mol. The van der Waals surface area contributed by atoms with Crippen LogP contribution in [0.3, 0.4) is 0 Å². The van der Waals surface area contributed by atoms with Crippen LogP contribution in [-0.4, -0.2) is 26.8 Å². The molecule has 0 unspecified atom stereocenters. The summed E-state index contributed by atoms with van der Waals surface area (Å²) in [7, 11) is 0. The molecule has 1 N–H and O–H groups in total. The van der Waals surface area contributed by atoms with Crippen molar-refractivity contribution in [2.75, 3.05) is 0 Å². The molecule has 3 aromatic rings. The Bertz CT molecular complexity index is 930. The summed E-state index contributed by atoms with van der Waals surface area (Å²) in [5, 5.41) is 19.1. The molecule has 6 nitrogen and oxygen atoms in total. The lowest BCUT2D eigenvalue weighted by Crippen LogP contribution is -2.17. The van der Waals surface area contributed by atoms with Gasteiger partial charge in [0.15, 0.2) is 11.4 Å². The number of aromatic amines is 1. The number of nitrogens with zero attached hydrogens (tertiary/aromatic N) is 4. The Morgan fingerprint density at radius 1 is 1.25 bits per heavy atom. The number of ether oxygens (including phenoxy) is 1. The third-order valence-electron chi connectivity index (χ3n) is 2.78. The fraction of sp³-hybridized carbons (Fsp3) is 0.0769. The van der Waals surface area contributed by atoms with Gasteiger partial charge in [-0.15, -0.1) is 29.6 Å². The SMILES string of the molecule is N#Cc1n[nH]nc1-c1nc(-c2cccc(OC(F)(F)F)c2)sc1Cl. The van der Waals surface area contributed by atoms with E-state index in [1.165, 1.54) is 18.2 Å². The highest BCUT2D eigenvalue weighted by Crippen LogP contribution is 2.38. The number of nitrogens with one attached hydrogen (secondary N) is 1. The van der Waals surface area contributed by atoms with Crippen LogP contribution in [0.4, 0.5) is 13.2 Å². The number of rotatable bonds is 3. The van der Waals surface area contributed by atoms with Crippen molar-refractivity contribution in [2.24, 2.45) is 0 Å². The molecule has 0 saturated carbocycles. The van der Waals surface area contributed by atoms with Crippen molar-refractivity contribution in [3.05, 3.63) is 34.3 Å². The Labute approximate surface area is 141 Å². The van der Waals surface area contributed by atoms with Crippen LogP contribution in [0.25, 0.3) is 22.0 Å². The molecule has 0 bridgehead atoms. The van der Waals surface area contributed by atoms with Crippen molar-refractivity contribution in [3.63, 3.8) is 0 Å². The highest BCUT2D eigenvalue weighted by Gasteiger charge is 2.31. The number of nitriles is 1. The standard InChI is InChI=1S/C13H5ClF3N5OS/c14-11-10(9-8(5-18)20-22-21-9)19-12(24-11)6-2-1-3-7(4-6)23-13(15,16)17/h1-4H,(H,20,21,22). The fourth-order valence-electron chi connectivity index (χ4n) is 1.87. The summed E-state index contributed by atoms with van der Waals surface area (Å²) < 4.78 is 41.0. The number of halogens is 4. The molecule has 24 heavy (non-hydrogen) atoms. The highest BCUT2D eigenvalue weighted by molar-refractivity contribution is 7.19. The molecule has 0 atom stereocenters. The first-order chi connectivity index (χ1) is 11.4. The first kappa shape index (κ1) is 16.2. The van der Waals surface area contributed by atoms with E-state index in [2.05, 4.69) is 25.1 Å². The summed E-state index contributed by atoms with van der Waals surface area (Å²) in [6.07, 6.45) is -4.79. The third kappa shape index (κ3) is 3.32. The molecule has 0 radical (unpaired) electrons. The quantitative estimate of drug-likeness (QED) is 0.751. The number of thiazole rings is 1. The number of aromatic nitrogens is 4. The van der Waals surface area contributed by atoms with Gasteiger partial charge in [0.1, 0.15) is 26.9 Å². The van der Waals surface area contributed by atoms with Crippen molar-refractivity contribution in [3.8, 4) is 33.8 Å². The van der Waals surface area contributed by atoms with Crippen molar-refractivity contribution in [1.82, 2.24) is 20.4 Å². The molecule has 2 aromatic heterocycles. The average Bonchev–Trinajstić information content (AvgIpc) is 3.11. The van der Waals surface area contributed by atoms with Gasteiger partial charge in [0.2, 0.25) is 0 Å². The molecular formula is C13H5ClF3N5OS. The molecule has 11 heteroatoms. The van der Waals surface area contributed by atoms with Gasteiger partial charge in [-0.2, -0.15) is 15.6 Å². The Morgan fingerprint density at radius 2 is 2.04 bits per heavy atom. The summed E-state index contributed by atoms with van der Waals surface area (Å²) in [4.78, 5) is 4.24. The Morgan fingerprint density at radius 3 is 2.75 bits per heavy atom. The maximum atomic E-state index is 12.3. The topological polar surface area (TPSA) is 87.5 Å². The second kappa shape index (κ2) is 6.10. The predicted molar refractivity (Wildman–Crippen MR) is 79.3 cm³/mol. The van der Waals surface area contributed by atoms with Crippen LogP contribution in [0.1, 0.15) is 5.69 Å². The van der Waals surface area contributed by atoms with E-state index in [9.17, 15) is 13.2 Å². The fourth-order valence-corrected chi connectivity index (χ4v) is 3.01. The Balaban J connectivity index is 1.99. The number of hydrogen-bond donors (Lipinski definition) is 1. The van der Waals surface area contributed by atoms with Gasteiger partial charge in [-0.05, 0) is 12.1 Å². The summed E-state index contributed by atoms with van der Waals surface area (Å²) in [6, 6.07) is 7.19. The summed E-state index contributed by atoms with van der Waals surface area (Å²) in [5.41, 5.74) is 0.802. The minimum atomic E-state index is -4.79. The van der Waals surface area contributed by atoms with E-state index in [0.29, 0.717) is 10.6 Å². The molecule has 2 heterocycles. The van der Waals surface area contributed by atoms with Crippen LogP contribution in [0.5, 0.6) is 5.75 Å². The highest BCUT2D eigenvalue weighted by atomic mass is 35.5. The van der Waals surface area contributed by atoms with Gasteiger partial charge in [0.05, 0.1) is 0 Å². The lowest BCUT2D eigenvalue weighted by atomic mass is 10.2. The van der Waals surface area contributed by atoms with Gasteiger partial charge in [0, 0.05) is 5.56 Å². The van der Waals surface area contributed by atoms with E-state index >= 15 is 0 Å². The van der Waals surface area contributed by atoms with E-state index in [0.717, 1.165) is 11.3 Å². The Kier molecular flexibility index (Phi) is 4.13. The molecule has 0 spiro atoms. The predicted octanol–water partition coefficient (Wildman–Crippen LogP) is 4.02. The van der Waals surface area contributed by atoms with Crippen molar-refractivity contribution < 1.29 is 17.9 Å². The van der Waals surface area contributed by atoms with Crippen LogP contribution in [0, 0.1) is 11.3 Å². The minimum Gasteiger partial charge on any atom is -0.406 e. The van der Waals surface area contributed by atoms with Gasteiger partial charge in [-0.3, -0.25) is 0 Å². The molecule has 0 aliphatic rings. The molecule has 1 aromatic carbocycles. The van der Waals surface area contributed by atoms with Crippen LogP contribution >= 0.6 is 22.9 Å². The summed E-state index contributed by atoms with van der Waals surface area (Å²) in [6.45, 7) is 0. The van der Waals surface area contributed by atoms with Crippen LogP contribution in [-0.2, 0) is 0 Å². The molecule has 0 saturated heterocycles. The van der Waals surface area contributed by atoms with E-state index in [4.69, 9.17) is 16.9 Å².